The van der Waals surface area contributed by atoms with E-state index < -0.39 is 27.5 Å². The van der Waals surface area contributed by atoms with Crippen molar-refractivity contribution < 1.29 is 22.7 Å². The molecule has 0 aliphatic heterocycles. The van der Waals surface area contributed by atoms with Gasteiger partial charge < -0.3 is 10.1 Å². The van der Waals surface area contributed by atoms with Crippen LogP contribution in [0.4, 0.5) is 5.00 Å². The fourth-order valence-electron chi connectivity index (χ4n) is 3.08. The van der Waals surface area contributed by atoms with Gasteiger partial charge in [-0.25, -0.2) is 13.2 Å². The molecule has 0 spiro atoms. The first-order valence-electron chi connectivity index (χ1n) is 8.72. The number of amides is 1. The summed E-state index contributed by atoms with van der Waals surface area (Å²) in [4.78, 5) is 25.9. The van der Waals surface area contributed by atoms with Crippen molar-refractivity contribution in [2.45, 2.75) is 38.0 Å². The number of carbonyl (C=O) groups excluding carboxylic acids is 2. The number of anilines is 1. The predicted octanol–water partition coefficient (Wildman–Crippen LogP) is 3.13. The van der Waals surface area contributed by atoms with Gasteiger partial charge in [0, 0.05) is 4.88 Å². The van der Waals surface area contributed by atoms with Gasteiger partial charge in [-0.3, -0.25) is 4.79 Å². The van der Waals surface area contributed by atoms with Crippen molar-refractivity contribution in [3.05, 3.63) is 45.8 Å². The lowest BCUT2D eigenvalue weighted by Gasteiger charge is -2.09. The molecule has 0 atom stereocenters. The zero-order valence-electron chi connectivity index (χ0n) is 15.2. The highest BCUT2D eigenvalue weighted by molar-refractivity contribution is 7.92. The number of hydrogen-bond acceptors (Lipinski definition) is 6. The first kappa shape index (κ1) is 19.6. The lowest BCUT2D eigenvalue weighted by Crippen LogP contribution is -2.23. The van der Waals surface area contributed by atoms with Crippen molar-refractivity contribution in [2.24, 2.45) is 0 Å². The lowest BCUT2D eigenvalue weighted by molar-refractivity contribution is -0.113. The van der Waals surface area contributed by atoms with Crippen LogP contribution in [0.3, 0.4) is 0 Å². The molecule has 3 rings (SSSR count). The molecule has 0 radical (unpaired) electrons. The first-order valence-corrected chi connectivity index (χ1v) is 11.2. The van der Waals surface area contributed by atoms with Crippen molar-refractivity contribution in [3.8, 4) is 0 Å². The smallest absolute Gasteiger partial charge is 0.341 e. The third kappa shape index (κ3) is 4.22. The van der Waals surface area contributed by atoms with E-state index in [4.69, 9.17) is 4.74 Å². The average molecular weight is 408 g/mol. The molecule has 8 heteroatoms. The number of thiophene rings is 1. The number of sulfone groups is 1. The Morgan fingerprint density at radius 2 is 1.89 bits per heavy atom. The number of benzene rings is 1. The summed E-state index contributed by atoms with van der Waals surface area (Å²) in [5.41, 5.74) is 2.22. The van der Waals surface area contributed by atoms with Gasteiger partial charge in [0.1, 0.15) is 10.8 Å². The number of aryl methyl sites for hydroxylation is 2. The maximum atomic E-state index is 12.5. The van der Waals surface area contributed by atoms with Crippen molar-refractivity contribution in [3.63, 3.8) is 0 Å². The second-order valence-electron chi connectivity index (χ2n) is 6.40. The van der Waals surface area contributed by atoms with Gasteiger partial charge in [0.15, 0.2) is 9.84 Å². The second kappa shape index (κ2) is 7.82. The Balaban J connectivity index is 1.80. The summed E-state index contributed by atoms with van der Waals surface area (Å²) >= 11 is 1.33. The van der Waals surface area contributed by atoms with Crippen LogP contribution in [-0.4, -0.2) is 32.7 Å². The third-order valence-corrected chi connectivity index (χ3v) is 7.19. The summed E-state index contributed by atoms with van der Waals surface area (Å²) in [6.45, 7) is 3.81. The minimum atomic E-state index is -3.76. The Labute approximate surface area is 162 Å². The number of ether oxygens (including phenoxy) is 1. The SMILES string of the molecule is CCOC(=O)c1c(NC(=O)CS(=O)(=O)c2ccc(C)cc2)sc2c1CCC2. The summed E-state index contributed by atoms with van der Waals surface area (Å²) in [6, 6.07) is 6.35. The molecule has 1 amide bonds. The molecule has 0 bridgehead atoms. The summed E-state index contributed by atoms with van der Waals surface area (Å²) < 4.78 is 30.0. The van der Waals surface area contributed by atoms with Crippen molar-refractivity contribution in [2.75, 3.05) is 17.7 Å². The van der Waals surface area contributed by atoms with E-state index in [-0.39, 0.29) is 11.5 Å². The Kier molecular flexibility index (Phi) is 5.67. The number of rotatable bonds is 6. The Morgan fingerprint density at radius 3 is 2.56 bits per heavy atom. The number of esters is 1. The molecule has 0 fully saturated rings. The fourth-order valence-corrected chi connectivity index (χ4v) is 5.50. The van der Waals surface area contributed by atoms with Crippen LogP contribution in [0.25, 0.3) is 0 Å². The number of carbonyl (C=O) groups is 2. The number of fused-ring (bicyclic) bond motifs is 1. The minimum absolute atomic E-state index is 0.0996. The normalized spacial score (nSPS) is 13.3. The maximum Gasteiger partial charge on any atom is 0.341 e. The predicted molar refractivity (Wildman–Crippen MR) is 104 cm³/mol. The molecule has 27 heavy (non-hydrogen) atoms. The minimum Gasteiger partial charge on any atom is -0.462 e. The van der Waals surface area contributed by atoms with Crippen LogP contribution >= 0.6 is 11.3 Å². The van der Waals surface area contributed by atoms with Gasteiger partial charge in [0.2, 0.25) is 5.91 Å². The highest BCUT2D eigenvalue weighted by Gasteiger charge is 2.29. The second-order valence-corrected chi connectivity index (χ2v) is 9.50. The van der Waals surface area contributed by atoms with E-state index in [9.17, 15) is 18.0 Å². The average Bonchev–Trinajstić information content (AvgIpc) is 3.15. The van der Waals surface area contributed by atoms with Crippen LogP contribution in [0.1, 0.15) is 39.7 Å². The van der Waals surface area contributed by atoms with Gasteiger partial charge in [-0.15, -0.1) is 11.3 Å². The van der Waals surface area contributed by atoms with Gasteiger partial charge in [-0.2, -0.15) is 0 Å². The molecule has 0 saturated carbocycles. The molecule has 1 heterocycles. The number of hydrogen-bond donors (Lipinski definition) is 1. The summed E-state index contributed by atoms with van der Waals surface area (Å²) in [6.07, 6.45) is 2.57. The molecule has 1 N–H and O–H groups in total. The molecule has 1 aromatic carbocycles. The van der Waals surface area contributed by atoms with Gasteiger partial charge in [-0.05, 0) is 50.8 Å². The highest BCUT2D eigenvalue weighted by Crippen LogP contribution is 2.39. The largest absolute Gasteiger partial charge is 0.462 e. The summed E-state index contributed by atoms with van der Waals surface area (Å²) in [5, 5.41) is 2.99. The molecule has 0 unspecified atom stereocenters. The van der Waals surface area contributed by atoms with E-state index in [1.807, 2.05) is 6.92 Å². The monoisotopic (exact) mass is 407 g/mol. The quantitative estimate of drug-likeness (QED) is 0.743. The van der Waals surface area contributed by atoms with Crippen LogP contribution < -0.4 is 5.32 Å². The van der Waals surface area contributed by atoms with Crippen LogP contribution in [0.15, 0.2) is 29.2 Å². The van der Waals surface area contributed by atoms with Crippen molar-refractivity contribution in [1.82, 2.24) is 0 Å². The van der Waals surface area contributed by atoms with E-state index in [2.05, 4.69) is 5.32 Å². The summed E-state index contributed by atoms with van der Waals surface area (Å²) in [7, 11) is -3.76. The van der Waals surface area contributed by atoms with E-state index in [0.29, 0.717) is 10.6 Å². The topological polar surface area (TPSA) is 89.5 Å². The van der Waals surface area contributed by atoms with Gasteiger partial charge >= 0.3 is 5.97 Å². The number of nitrogens with one attached hydrogen (secondary N) is 1. The van der Waals surface area contributed by atoms with Crippen LogP contribution in [0.2, 0.25) is 0 Å². The molecular formula is C19H21NO5S2. The first-order chi connectivity index (χ1) is 12.8. The van der Waals surface area contributed by atoms with Crippen molar-refractivity contribution in [1.29, 1.82) is 0 Å². The van der Waals surface area contributed by atoms with E-state index in [1.54, 1.807) is 19.1 Å². The molecule has 2 aromatic rings. The van der Waals surface area contributed by atoms with Crippen LogP contribution in [-0.2, 0) is 32.2 Å². The molecule has 1 aliphatic carbocycles. The highest BCUT2D eigenvalue weighted by atomic mass is 32.2. The fraction of sp³-hybridized carbons (Fsp3) is 0.368. The Morgan fingerprint density at radius 1 is 1.19 bits per heavy atom. The Hall–Kier alpha value is -2.19. The van der Waals surface area contributed by atoms with Gasteiger partial charge in [0.05, 0.1) is 17.1 Å². The van der Waals surface area contributed by atoms with Gasteiger partial charge in [-0.1, -0.05) is 17.7 Å². The molecule has 0 saturated heterocycles. The zero-order chi connectivity index (χ0) is 19.6. The maximum absolute atomic E-state index is 12.5. The molecule has 1 aromatic heterocycles. The summed E-state index contributed by atoms with van der Waals surface area (Å²) in [5.74, 6) is -1.82. The van der Waals surface area contributed by atoms with Gasteiger partial charge in [0.25, 0.3) is 0 Å². The van der Waals surface area contributed by atoms with Crippen LogP contribution in [0, 0.1) is 6.92 Å². The zero-order valence-corrected chi connectivity index (χ0v) is 16.8. The third-order valence-electron chi connectivity index (χ3n) is 4.36. The lowest BCUT2D eigenvalue weighted by atomic mass is 10.1. The molecule has 6 nitrogen and oxygen atoms in total. The molecule has 144 valence electrons. The van der Waals surface area contributed by atoms with E-state index in [1.165, 1.54) is 23.5 Å². The molecular weight excluding hydrogens is 386 g/mol. The van der Waals surface area contributed by atoms with E-state index in [0.717, 1.165) is 35.3 Å². The van der Waals surface area contributed by atoms with Crippen molar-refractivity contribution >= 4 is 38.1 Å². The van der Waals surface area contributed by atoms with Crippen LogP contribution in [0.5, 0.6) is 0 Å². The van der Waals surface area contributed by atoms with E-state index >= 15 is 0 Å². The molecule has 1 aliphatic rings. The standard InChI is InChI=1S/C19H21NO5S2/c1-3-25-19(22)17-14-5-4-6-15(14)26-18(17)20-16(21)11-27(23,24)13-9-7-12(2)8-10-13/h7-10H,3-6,11H2,1-2H3,(H,20,21). The Bertz CT molecular complexity index is 974.